The zero-order chi connectivity index (χ0) is 19.0. The first-order chi connectivity index (χ1) is 13.0. The summed E-state index contributed by atoms with van der Waals surface area (Å²) in [6.45, 7) is 0.707. The van der Waals surface area contributed by atoms with E-state index in [-0.39, 0.29) is 18.0 Å². The van der Waals surface area contributed by atoms with Gasteiger partial charge in [-0.05, 0) is 42.0 Å². The Hall–Kier alpha value is -3.03. The van der Waals surface area contributed by atoms with Crippen molar-refractivity contribution in [3.05, 3.63) is 65.5 Å². The third kappa shape index (κ3) is 3.60. The summed E-state index contributed by atoms with van der Waals surface area (Å²) in [4.78, 5) is 14.2. The van der Waals surface area contributed by atoms with Crippen LogP contribution in [0.15, 0.2) is 47.6 Å². The summed E-state index contributed by atoms with van der Waals surface area (Å²) in [5.74, 6) is -1.21. The van der Waals surface area contributed by atoms with Gasteiger partial charge < -0.3 is 9.64 Å². The number of amides is 2. The Morgan fingerprint density at radius 3 is 2.33 bits per heavy atom. The predicted octanol–water partition coefficient (Wildman–Crippen LogP) is 3.72. The van der Waals surface area contributed by atoms with Crippen molar-refractivity contribution in [1.82, 2.24) is 9.91 Å². The lowest BCUT2D eigenvalue weighted by molar-refractivity contribution is 0.0277. The maximum absolute atomic E-state index is 13.5. The summed E-state index contributed by atoms with van der Waals surface area (Å²) in [5.41, 5.74) is 0.359. The third-order valence-electron chi connectivity index (χ3n) is 4.53. The van der Waals surface area contributed by atoms with Crippen LogP contribution < -0.4 is 4.74 Å². The molecular weight excluding hydrogens is 359 g/mol. The van der Waals surface area contributed by atoms with E-state index in [1.165, 1.54) is 41.4 Å². The topological polar surface area (TPSA) is 45.1 Å². The van der Waals surface area contributed by atoms with Crippen LogP contribution in [0.1, 0.15) is 18.0 Å². The van der Waals surface area contributed by atoms with Crippen LogP contribution in [0.3, 0.4) is 0 Å². The highest BCUT2D eigenvalue weighted by molar-refractivity contribution is 5.79. The smallest absolute Gasteiger partial charge is 0.341 e. The Balaban J connectivity index is 1.38. The van der Waals surface area contributed by atoms with E-state index in [2.05, 4.69) is 5.10 Å². The molecule has 1 fully saturated rings. The molecule has 8 heteroatoms. The van der Waals surface area contributed by atoms with E-state index < -0.39 is 17.7 Å². The first-order valence-electron chi connectivity index (χ1n) is 8.48. The second-order valence-corrected chi connectivity index (χ2v) is 6.48. The van der Waals surface area contributed by atoms with Gasteiger partial charge in [0, 0.05) is 18.7 Å². The Morgan fingerprint density at radius 1 is 1.00 bits per heavy atom. The zero-order valence-electron chi connectivity index (χ0n) is 14.2. The molecule has 0 saturated carbocycles. The van der Waals surface area contributed by atoms with Crippen LogP contribution in [0.5, 0.6) is 5.75 Å². The molecule has 1 atom stereocenters. The quantitative estimate of drug-likeness (QED) is 0.821. The number of carbonyl (C=O) groups excluding carboxylic acids is 1. The van der Waals surface area contributed by atoms with Crippen LogP contribution in [0.4, 0.5) is 18.0 Å². The highest BCUT2D eigenvalue weighted by atomic mass is 19.1. The SMILES string of the molecule is O=C(N1CC(Oc2ccc(F)cc2)C1)N1N=CC[C@H]1c1cc(F)cc(F)c1. The Morgan fingerprint density at radius 2 is 1.67 bits per heavy atom. The van der Waals surface area contributed by atoms with Crippen molar-refractivity contribution in [3.63, 3.8) is 0 Å². The van der Waals surface area contributed by atoms with Gasteiger partial charge in [-0.2, -0.15) is 5.10 Å². The number of rotatable bonds is 3. The Labute approximate surface area is 153 Å². The molecule has 2 aliphatic rings. The van der Waals surface area contributed by atoms with E-state index >= 15 is 0 Å². The molecule has 0 N–H and O–H groups in total. The van der Waals surface area contributed by atoms with Crippen molar-refractivity contribution in [2.24, 2.45) is 5.10 Å². The summed E-state index contributed by atoms with van der Waals surface area (Å²) in [5, 5.41) is 5.30. The van der Waals surface area contributed by atoms with E-state index in [4.69, 9.17) is 4.74 Å². The van der Waals surface area contributed by atoms with Gasteiger partial charge in [0.2, 0.25) is 0 Å². The molecule has 1 saturated heterocycles. The van der Waals surface area contributed by atoms with Crippen LogP contribution in [0.25, 0.3) is 0 Å². The largest absolute Gasteiger partial charge is 0.487 e. The van der Waals surface area contributed by atoms with Crippen LogP contribution in [-0.4, -0.2) is 41.3 Å². The minimum Gasteiger partial charge on any atom is -0.487 e. The maximum Gasteiger partial charge on any atom is 0.341 e. The normalized spacial score (nSPS) is 19.3. The minimum absolute atomic E-state index is 0.198. The van der Waals surface area contributed by atoms with Crippen molar-refractivity contribution < 1.29 is 22.7 Å². The molecule has 0 radical (unpaired) electrons. The third-order valence-corrected chi connectivity index (χ3v) is 4.53. The Bertz CT molecular complexity index is 862. The molecule has 140 valence electrons. The fourth-order valence-corrected chi connectivity index (χ4v) is 3.16. The molecule has 0 aromatic heterocycles. The van der Waals surface area contributed by atoms with Gasteiger partial charge in [-0.15, -0.1) is 0 Å². The van der Waals surface area contributed by atoms with Crippen molar-refractivity contribution in [1.29, 1.82) is 0 Å². The first-order valence-corrected chi connectivity index (χ1v) is 8.48. The van der Waals surface area contributed by atoms with Gasteiger partial charge in [-0.25, -0.2) is 23.0 Å². The molecule has 2 aromatic carbocycles. The molecule has 0 unspecified atom stereocenters. The highest BCUT2D eigenvalue weighted by Crippen LogP contribution is 2.31. The van der Waals surface area contributed by atoms with Crippen molar-refractivity contribution in [3.8, 4) is 5.75 Å². The summed E-state index contributed by atoms with van der Waals surface area (Å²) in [6.07, 6.45) is 1.74. The van der Waals surface area contributed by atoms with Gasteiger partial charge in [-0.1, -0.05) is 0 Å². The number of hydrazone groups is 1. The van der Waals surface area contributed by atoms with Crippen LogP contribution in [-0.2, 0) is 0 Å². The molecule has 2 amide bonds. The number of halogens is 3. The van der Waals surface area contributed by atoms with E-state index in [1.54, 1.807) is 11.1 Å². The maximum atomic E-state index is 13.5. The molecule has 0 spiro atoms. The average Bonchev–Trinajstić information content (AvgIpc) is 3.08. The Kier molecular flexibility index (Phi) is 4.47. The number of likely N-dealkylation sites (tertiary alicyclic amines) is 1. The van der Waals surface area contributed by atoms with Crippen molar-refractivity contribution in [2.75, 3.05) is 13.1 Å². The lowest BCUT2D eigenvalue weighted by Gasteiger charge is -2.41. The first kappa shape index (κ1) is 17.4. The molecule has 2 aromatic rings. The number of hydrogen-bond donors (Lipinski definition) is 0. The lowest BCUT2D eigenvalue weighted by atomic mass is 10.0. The monoisotopic (exact) mass is 375 g/mol. The molecular formula is C19H16F3N3O2. The highest BCUT2D eigenvalue weighted by Gasteiger charge is 2.39. The number of nitrogens with zero attached hydrogens (tertiary/aromatic N) is 3. The second-order valence-electron chi connectivity index (χ2n) is 6.48. The molecule has 27 heavy (non-hydrogen) atoms. The molecule has 0 bridgehead atoms. The lowest BCUT2D eigenvalue weighted by Crippen LogP contribution is -2.58. The fraction of sp³-hybridized carbons (Fsp3) is 0.263. The van der Waals surface area contributed by atoms with Gasteiger partial charge in [-0.3, -0.25) is 0 Å². The van der Waals surface area contributed by atoms with Crippen LogP contribution in [0.2, 0.25) is 0 Å². The van der Waals surface area contributed by atoms with E-state index in [0.717, 1.165) is 6.07 Å². The number of ether oxygens (including phenoxy) is 1. The van der Waals surface area contributed by atoms with E-state index in [9.17, 15) is 18.0 Å². The molecule has 2 aliphatic heterocycles. The predicted molar refractivity (Wildman–Crippen MR) is 91.8 cm³/mol. The van der Waals surface area contributed by atoms with Gasteiger partial charge in [0.25, 0.3) is 0 Å². The standard InChI is InChI=1S/C19H16F3N3O2/c20-13-1-3-16(4-2-13)27-17-10-24(11-17)19(26)25-18(5-6-23-25)12-7-14(21)9-15(22)8-12/h1-4,6-9,17-18H,5,10-11H2/t18-/m0/s1. The second kappa shape index (κ2) is 6.94. The van der Waals surface area contributed by atoms with Gasteiger partial charge in [0.15, 0.2) is 0 Å². The summed E-state index contributed by atoms with van der Waals surface area (Å²) < 4.78 is 45.6. The summed E-state index contributed by atoms with van der Waals surface area (Å²) >= 11 is 0. The molecule has 2 heterocycles. The fourth-order valence-electron chi connectivity index (χ4n) is 3.16. The van der Waals surface area contributed by atoms with Crippen LogP contribution in [0, 0.1) is 17.5 Å². The summed E-state index contributed by atoms with van der Waals surface area (Å²) in [7, 11) is 0. The zero-order valence-corrected chi connectivity index (χ0v) is 14.2. The average molecular weight is 375 g/mol. The van der Waals surface area contributed by atoms with Gasteiger partial charge >= 0.3 is 6.03 Å². The van der Waals surface area contributed by atoms with E-state index in [0.29, 0.717) is 30.8 Å². The number of carbonyl (C=O) groups is 1. The number of hydrogen-bond acceptors (Lipinski definition) is 3. The number of urea groups is 1. The molecule has 5 nitrogen and oxygen atoms in total. The van der Waals surface area contributed by atoms with Gasteiger partial charge in [0.05, 0.1) is 19.1 Å². The van der Waals surface area contributed by atoms with Gasteiger partial charge in [0.1, 0.15) is 29.3 Å². The van der Waals surface area contributed by atoms with Crippen LogP contribution >= 0.6 is 0 Å². The van der Waals surface area contributed by atoms with E-state index in [1.807, 2.05) is 0 Å². The minimum atomic E-state index is -0.694. The molecule has 0 aliphatic carbocycles. The summed E-state index contributed by atoms with van der Waals surface area (Å²) in [6, 6.07) is 7.98. The van der Waals surface area contributed by atoms with Crippen molar-refractivity contribution in [2.45, 2.75) is 18.6 Å². The molecule has 4 rings (SSSR count). The van der Waals surface area contributed by atoms with Crippen molar-refractivity contribution >= 4 is 12.2 Å². The number of benzene rings is 2.